The van der Waals surface area contributed by atoms with Gasteiger partial charge in [0.05, 0.1) is 12.8 Å². The first-order valence-corrected chi connectivity index (χ1v) is 3.50. The second-order valence-electron chi connectivity index (χ2n) is 1.95. The molecular weight excluding hydrogens is 164 g/mol. The standard InChI is InChI=1S/C7H9ClN2O/c1-11-7-4-2-3-6(5-7)9-10-8/h2-5,9-10H,1H3. The zero-order chi connectivity index (χ0) is 8.10. The van der Waals surface area contributed by atoms with Gasteiger partial charge in [-0.3, -0.25) is 0 Å². The van der Waals surface area contributed by atoms with Crippen molar-refractivity contribution in [2.75, 3.05) is 12.5 Å². The largest absolute Gasteiger partial charge is 0.497 e. The van der Waals surface area contributed by atoms with Gasteiger partial charge in [0.15, 0.2) is 0 Å². The van der Waals surface area contributed by atoms with E-state index in [0.29, 0.717) is 0 Å². The Morgan fingerprint density at radius 1 is 1.45 bits per heavy atom. The predicted molar refractivity (Wildman–Crippen MR) is 45.6 cm³/mol. The van der Waals surface area contributed by atoms with Crippen LogP contribution in [0.3, 0.4) is 0 Å². The third-order valence-corrected chi connectivity index (χ3v) is 1.36. The molecule has 4 heteroatoms. The van der Waals surface area contributed by atoms with Crippen molar-refractivity contribution in [2.45, 2.75) is 0 Å². The van der Waals surface area contributed by atoms with Crippen LogP contribution in [0.15, 0.2) is 24.3 Å². The van der Waals surface area contributed by atoms with Gasteiger partial charge in [-0.2, -0.15) is 0 Å². The van der Waals surface area contributed by atoms with Crippen LogP contribution in [-0.4, -0.2) is 7.11 Å². The van der Waals surface area contributed by atoms with E-state index in [-0.39, 0.29) is 0 Å². The van der Waals surface area contributed by atoms with E-state index < -0.39 is 0 Å². The van der Waals surface area contributed by atoms with Crippen LogP contribution in [0.5, 0.6) is 5.75 Å². The summed E-state index contributed by atoms with van der Waals surface area (Å²) in [6.45, 7) is 0. The monoisotopic (exact) mass is 172 g/mol. The number of anilines is 1. The lowest BCUT2D eigenvalue weighted by molar-refractivity contribution is 0.415. The third-order valence-electron chi connectivity index (χ3n) is 1.26. The lowest BCUT2D eigenvalue weighted by atomic mass is 10.3. The first kappa shape index (κ1) is 8.17. The first-order chi connectivity index (χ1) is 5.36. The van der Waals surface area contributed by atoms with Gasteiger partial charge in [0, 0.05) is 6.07 Å². The third kappa shape index (κ3) is 2.29. The highest BCUT2D eigenvalue weighted by molar-refractivity contribution is 6.13. The lowest BCUT2D eigenvalue weighted by Crippen LogP contribution is -2.08. The summed E-state index contributed by atoms with van der Waals surface area (Å²) >= 11 is 5.23. The van der Waals surface area contributed by atoms with Crippen molar-refractivity contribution in [3.63, 3.8) is 0 Å². The smallest absolute Gasteiger partial charge is 0.120 e. The topological polar surface area (TPSA) is 33.3 Å². The second-order valence-corrected chi connectivity index (χ2v) is 2.14. The van der Waals surface area contributed by atoms with Gasteiger partial charge in [0.2, 0.25) is 0 Å². The molecule has 0 bridgehead atoms. The first-order valence-electron chi connectivity index (χ1n) is 3.12. The molecular formula is C7H9ClN2O. The molecule has 0 atom stereocenters. The zero-order valence-corrected chi connectivity index (χ0v) is 6.85. The lowest BCUT2D eigenvalue weighted by Gasteiger charge is -2.03. The Morgan fingerprint density at radius 2 is 2.27 bits per heavy atom. The molecule has 1 aromatic rings. The van der Waals surface area contributed by atoms with Crippen molar-refractivity contribution in [1.29, 1.82) is 0 Å². The van der Waals surface area contributed by atoms with Gasteiger partial charge < -0.3 is 10.2 Å². The number of halogens is 1. The number of ether oxygens (including phenoxy) is 1. The van der Waals surface area contributed by atoms with E-state index in [1.165, 1.54) is 0 Å². The summed E-state index contributed by atoms with van der Waals surface area (Å²) in [5.74, 6) is 0.793. The average Bonchev–Trinajstić information content (AvgIpc) is 2.06. The normalized spacial score (nSPS) is 9.27. The molecule has 2 N–H and O–H groups in total. The quantitative estimate of drug-likeness (QED) is 0.539. The molecule has 0 aliphatic heterocycles. The van der Waals surface area contributed by atoms with Crippen LogP contribution in [0.4, 0.5) is 5.69 Å². The van der Waals surface area contributed by atoms with Crippen LogP contribution in [-0.2, 0) is 0 Å². The summed E-state index contributed by atoms with van der Waals surface area (Å²) < 4.78 is 4.99. The molecule has 1 rings (SSSR count). The molecule has 0 amide bonds. The second kappa shape index (κ2) is 4.05. The fourth-order valence-electron chi connectivity index (χ4n) is 0.755. The summed E-state index contributed by atoms with van der Waals surface area (Å²) in [6, 6.07) is 7.43. The molecule has 11 heavy (non-hydrogen) atoms. The van der Waals surface area contributed by atoms with Crippen LogP contribution in [0.25, 0.3) is 0 Å². The number of nitrogens with one attached hydrogen (secondary N) is 2. The number of hydrogen-bond acceptors (Lipinski definition) is 3. The van der Waals surface area contributed by atoms with Crippen molar-refractivity contribution < 1.29 is 4.74 Å². The Kier molecular flexibility index (Phi) is 3.01. The van der Waals surface area contributed by atoms with Crippen LogP contribution in [0.2, 0.25) is 0 Å². The Balaban J connectivity index is 2.74. The molecule has 0 radical (unpaired) electrons. The number of hydrogen-bond donors (Lipinski definition) is 2. The molecule has 0 saturated carbocycles. The van der Waals surface area contributed by atoms with Gasteiger partial charge in [-0.25, -0.2) is 0 Å². The minimum absolute atomic E-state index is 0.793. The van der Waals surface area contributed by atoms with Crippen LogP contribution in [0.1, 0.15) is 0 Å². The Bertz CT molecular complexity index is 229. The fraction of sp³-hybridized carbons (Fsp3) is 0.143. The van der Waals surface area contributed by atoms with Gasteiger partial charge >= 0.3 is 0 Å². The van der Waals surface area contributed by atoms with Gasteiger partial charge in [0.25, 0.3) is 0 Å². The Labute approximate surface area is 70.4 Å². The number of rotatable bonds is 3. The summed E-state index contributed by atoms with van der Waals surface area (Å²) in [6.07, 6.45) is 0. The van der Waals surface area contributed by atoms with Gasteiger partial charge in [-0.05, 0) is 23.9 Å². The molecule has 0 saturated heterocycles. The van der Waals surface area contributed by atoms with Crippen molar-refractivity contribution in [1.82, 2.24) is 4.94 Å². The van der Waals surface area contributed by atoms with E-state index in [4.69, 9.17) is 16.5 Å². The molecule has 1 aromatic carbocycles. The van der Waals surface area contributed by atoms with Gasteiger partial charge in [0.1, 0.15) is 5.75 Å². The van der Waals surface area contributed by atoms with E-state index in [9.17, 15) is 0 Å². The van der Waals surface area contributed by atoms with E-state index in [1.807, 2.05) is 24.3 Å². The summed E-state index contributed by atoms with van der Waals surface area (Å²) in [4.78, 5) is 2.30. The van der Waals surface area contributed by atoms with E-state index in [1.54, 1.807) is 7.11 Å². The van der Waals surface area contributed by atoms with Gasteiger partial charge in [-0.15, -0.1) is 4.94 Å². The van der Waals surface area contributed by atoms with Crippen molar-refractivity contribution in [3.8, 4) is 5.75 Å². The zero-order valence-electron chi connectivity index (χ0n) is 6.10. The van der Waals surface area contributed by atoms with Crippen LogP contribution in [0, 0.1) is 0 Å². The maximum atomic E-state index is 5.23. The van der Waals surface area contributed by atoms with E-state index in [2.05, 4.69) is 10.4 Å². The highest BCUT2D eigenvalue weighted by atomic mass is 35.5. The minimum atomic E-state index is 0.793. The number of hydrazine groups is 1. The molecule has 0 unspecified atom stereocenters. The van der Waals surface area contributed by atoms with Crippen molar-refractivity contribution in [3.05, 3.63) is 24.3 Å². The maximum Gasteiger partial charge on any atom is 0.120 e. The molecule has 0 fully saturated rings. The highest BCUT2D eigenvalue weighted by Crippen LogP contribution is 2.15. The summed E-state index contributed by atoms with van der Waals surface area (Å²) in [7, 11) is 1.62. The Morgan fingerprint density at radius 3 is 2.91 bits per heavy atom. The van der Waals surface area contributed by atoms with E-state index >= 15 is 0 Å². The molecule has 0 heterocycles. The van der Waals surface area contributed by atoms with E-state index in [0.717, 1.165) is 11.4 Å². The van der Waals surface area contributed by atoms with Gasteiger partial charge in [-0.1, -0.05) is 6.07 Å². The predicted octanol–water partition coefficient (Wildman–Crippen LogP) is 1.77. The number of benzene rings is 1. The molecule has 0 spiro atoms. The van der Waals surface area contributed by atoms with Crippen LogP contribution < -0.4 is 15.1 Å². The molecule has 60 valence electrons. The highest BCUT2D eigenvalue weighted by Gasteiger charge is 1.91. The Hall–Kier alpha value is -0.930. The summed E-state index contributed by atoms with van der Waals surface area (Å²) in [5.41, 5.74) is 3.58. The SMILES string of the molecule is COc1cccc(NNCl)c1. The fourth-order valence-corrected chi connectivity index (χ4v) is 0.864. The minimum Gasteiger partial charge on any atom is -0.497 e. The number of methoxy groups -OCH3 is 1. The molecule has 0 aliphatic rings. The van der Waals surface area contributed by atoms with Crippen molar-refractivity contribution in [2.24, 2.45) is 0 Å². The maximum absolute atomic E-state index is 5.23. The summed E-state index contributed by atoms with van der Waals surface area (Å²) in [5, 5.41) is 0. The average molecular weight is 173 g/mol. The van der Waals surface area contributed by atoms with Crippen LogP contribution >= 0.6 is 11.8 Å². The molecule has 3 nitrogen and oxygen atoms in total. The molecule has 0 aromatic heterocycles. The van der Waals surface area contributed by atoms with Crippen molar-refractivity contribution >= 4 is 17.5 Å². The molecule has 0 aliphatic carbocycles.